The van der Waals surface area contributed by atoms with Crippen molar-refractivity contribution in [2.24, 2.45) is 0 Å². The first-order valence-electron chi connectivity index (χ1n) is 28.2. The molecule has 5 aliphatic rings. The summed E-state index contributed by atoms with van der Waals surface area (Å²) in [6, 6.07) is 16.5. The number of phenolic OH excluding ortho intramolecular Hbond substituents is 2. The number of carbonyl (C=O) groups excluding carboxylic acids is 4. The summed E-state index contributed by atoms with van der Waals surface area (Å²) in [4.78, 5) is 54.9. The molecule has 5 heterocycles. The summed E-state index contributed by atoms with van der Waals surface area (Å²) < 4.78 is 83.1. The molecule has 91 heavy (non-hydrogen) atoms. The standard InChI is InChI=1S/C58H72O33/c1-25(63)79-23-36-49(85-38(67)17-12-27-10-15-30(65)31(18-27)78-2)50(87-56-47(76)44(73)48(35(22-62)83-56)86-54-45(74)42(71)39(68)32(19-59)81-54)51(88-55-46(75)43(72)40(69)33(20-60)82-55)57(84-36)91-58(24-80-37(66)16-11-26-8-13-29(64)14-9-26)52(41(70)34(21-61)90-58)89-53(77)28-6-4-3-5-7-28/h3-18,32-36,39-52,54-57,59-62,64-65,68-76H,19-24H2,1-2H3/t32-,33-,34-,35-,36-,39-,40-,41-,42+,43+,44-,45-,46-,47-,48-,49-,50+,51-,52+,54+,55+,56+,57-,58+/m1/s1. The maximum atomic E-state index is 14.3. The van der Waals surface area contributed by atoms with Crippen molar-refractivity contribution in [2.45, 2.75) is 154 Å². The Labute approximate surface area is 516 Å². The Kier molecular flexibility index (Phi) is 24.3. The zero-order valence-electron chi connectivity index (χ0n) is 48.3. The molecule has 33 nitrogen and oxygen atoms in total. The van der Waals surface area contributed by atoms with Gasteiger partial charge in [-0.1, -0.05) is 36.4 Å². The van der Waals surface area contributed by atoms with Crippen molar-refractivity contribution in [3.8, 4) is 17.2 Å². The number of benzene rings is 3. The second-order valence-electron chi connectivity index (χ2n) is 21.4. The van der Waals surface area contributed by atoms with Crippen molar-refractivity contribution in [3.05, 3.63) is 102 Å². The van der Waals surface area contributed by atoms with Gasteiger partial charge in [-0.05, 0) is 59.7 Å². The first kappa shape index (κ1) is 70.4. The van der Waals surface area contributed by atoms with E-state index in [1.165, 1.54) is 86.0 Å². The highest BCUT2D eigenvalue weighted by Gasteiger charge is 2.64. The quantitative estimate of drug-likeness (QED) is 0.0226. The van der Waals surface area contributed by atoms with Crippen molar-refractivity contribution in [3.63, 3.8) is 0 Å². The second kappa shape index (κ2) is 31.4. The van der Waals surface area contributed by atoms with E-state index in [1.54, 1.807) is 6.07 Å². The van der Waals surface area contributed by atoms with Crippen LogP contribution in [0.3, 0.4) is 0 Å². The van der Waals surface area contributed by atoms with Crippen LogP contribution in [0.5, 0.6) is 17.2 Å². The van der Waals surface area contributed by atoms with E-state index in [0.717, 1.165) is 19.1 Å². The summed E-state index contributed by atoms with van der Waals surface area (Å²) in [5, 5.41) is 163. The van der Waals surface area contributed by atoms with Crippen LogP contribution in [0.25, 0.3) is 12.2 Å². The van der Waals surface area contributed by atoms with Gasteiger partial charge in [-0.3, -0.25) is 4.79 Å². The Morgan fingerprint density at radius 2 is 1.04 bits per heavy atom. The molecular weight excluding hydrogens is 1220 g/mol. The maximum Gasteiger partial charge on any atom is 0.338 e. The van der Waals surface area contributed by atoms with Crippen LogP contribution in [0.2, 0.25) is 0 Å². The molecule has 0 bridgehead atoms. The smallest absolute Gasteiger partial charge is 0.338 e. The number of rotatable bonds is 24. The summed E-state index contributed by atoms with van der Waals surface area (Å²) in [6.45, 7) is -5.56. The highest BCUT2D eigenvalue weighted by Crippen LogP contribution is 2.43. The minimum absolute atomic E-state index is 0.0280. The monoisotopic (exact) mass is 1300 g/mol. The average molecular weight is 1300 g/mol. The van der Waals surface area contributed by atoms with Crippen molar-refractivity contribution in [2.75, 3.05) is 46.8 Å². The summed E-state index contributed by atoms with van der Waals surface area (Å²) in [5.41, 5.74) is 0.446. The second-order valence-corrected chi connectivity index (χ2v) is 21.4. The number of phenols is 2. The van der Waals surface area contributed by atoms with E-state index in [0.29, 0.717) is 5.56 Å². The van der Waals surface area contributed by atoms with E-state index in [2.05, 4.69) is 0 Å². The van der Waals surface area contributed by atoms with Crippen LogP contribution >= 0.6 is 0 Å². The molecule has 0 aromatic heterocycles. The molecule has 3 aromatic carbocycles. The van der Waals surface area contributed by atoms with Crippen LogP contribution in [0, 0.1) is 0 Å². The van der Waals surface area contributed by atoms with Gasteiger partial charge in [0.15, 0.2) is 48.9 Å². The van der Waals surface area contributed by atoms with Crippen molar-refractivity contribution in [1.82, 2.24) is 0 Å². The number of ether oxygens (including phenoxy) is 14. The zero-order chi connectivity index (χ0) is 66.0. The first-order valence-corrected chi connectivity index (χ1v) is 28.2. The third-order valence-electron chi connectivity index (χ3n) is 15.2. The molecule has 5 aliphatic heterocycles. The lowest BCUT2D eigenvalue weighted by Crippen LogP contribution is -2.69. The zero-order valence-corrected chi connectivity index (χ0v) is 48.3. The average Bonchev–Trinajstić information content (AvgIpc) is 1.73. The van der Waals surface area contributed by atoms with Gasteiger partial charge in [-0.15, -0.1) is 0 Å². The molecule has 0 unspecified atom stereocenters. The highest BCUT2D eigenvalue weighted by molar-refractivity contribution is 5.90. The summed E-state index contributed by atoms with van der Waals surface area (Å²) in [5.74, 6) is -8.11. The number of esters is 4. The van der Waals surface area contributed by atoms with Gasteiger partial charge in [0.2, 0.25) is 5.79 Å². The molecule has 0 amide bonds. The Morgan fingerprint density at radius 1 is 0.516 bits per heavy atom. The van der Waals surface area contributed by atoms with Crippen LogP contribution in [-0.4, -0.2) is 294 Å². The van der Waals surface area contributed by atoms with Crippen LogP contribution in [-0.2, 0) is 76.0 Å². The van der Waals surface area contributed by atoms with Crippen molar-refractivity contribution in [1.29, 1.82) is 0 Å². The topological polar surface area (TPSA) is 501 Å². The molecule has 33 heteroatoms. The summed E-state index contributed by atoms with van der Waals surface area (Å²) in [7, 11) is 1.25. The fourth-order valence-electron chi connectivity index (χ4n) is 10.4. The number of methoxy groups -OCH3 is 1. The first-order chi connectivity index (χ1) is 43.4. The van der Waals surface area contributed by atoms with Crippen LogP contribution in [0.4, 0.5) is 0 Å². The molecule has 0 spiro atoms. The molecular formula is C58H72O33. The molecule has 24 atom stereocenters. The molecule has 0 saturated carbocycles. The number of carbonyl (C=O) groups is 4. The summed E-state index contributed by atoms with van der Waals surface area (Å²) in [6.07, 6.45) is -44.8. The van der Waals surface area contributed by atoms with E-state index >= 15 is 0 Å². The van der Waals surface area contributed by atoms with E-state index in [4.69, 9.17) is 66.3 Å². The predicted octanol–water partition coefficient (Wildman–Crippen LogP) is -5.54. The Balaban J connectivity index is 1.27. The molecule has 15 N–H and O–H groups in total. The molecule has 3 aromatic rings. The lowest BCUT2D eigenvalue weighted by atomic mass is 9.95. The minimum atomic E-state index is -2.98. The van der Waals surface area contributed by atoms with Crippen LogP contribution < -0.4 is 4.74 Å². The fourth-order valence-corrected chi connectivity index (χ4v) is 10.4. The molecule has 5 fully saturated rings. The fraction of sp³-hybridized carbons (Fsp3) is 0.552. The van der Waals surface area contributed by atoms with E-state index in [-0.39, 0.29) is 28.4 Å². The van der Waals surface area contributed by atoms with Crippen molar-refractivity contribution >= 4 is 36.0 Å². The Morgan fingerprint density at radius 3 is 1.63 bits per heavy atom. The van der Waals surface area contributed by atoms with Gasteiger partial charge in [0, 0.05) is 19.1 Å². The molecule has 8 rings (SSSR count). The van der Waals surface area contributed by atoms with E-state index < -0.39 is 210 Å². The van der Waals surface area contributed by atoms with Crippen LogP contribution in [0.1, 0.15) is 28.4 Å². The minimum Gasteiger partial charge on any atom is -0.508 e. The number of aliphatic hydroxyl groups is 13. The third kappa shape index (κ3) is 16.5. The molecule has 0 aliphatic carbocycles. The number of hydrogen-bond acceptors (Lipinski definition) is 33. The van der Waals surface area contributed by atoms with Gasteiger partial charge in [-0.2, -0.15) is 0 Å². The lowest BCUT2D eigenvalue weighted by molar-refractivity contribution is -0.423. The van der Waals surface area contributed by atoms with Gasteiger partial charge in [-0.25, -0.2) is 14.4 Å². The molecule has 502 valence electrons. The maximum absolute atomic E-state index is 14.3. The third-order valence-corrected chi connectivity index (χ3v) is 15.2. The normalized spacial score (nSPS) is 36.8. The van der Waals surface area contributed by atoms with Gasteiger partial charge >= 0.3 is 23.9 Å². The lowest BCUT2D eigenvalue weighted by Gasteiger charge is -2.51. The largest absolute Gasteiger partial charge is 0.508 e. The Hall–Kier alpha value is -6.46. The van der Waals surface area contributed by atoms with Gasteiger partial charge in [0.1, 0.15) is 123 Å². The van der Waals surface area contributed by atoms with E-state index in [9.17, 15) is 95.8 Å². The summed E-state index contributed by atoms with van der Waals surface area (Å²) >= 11 is 0. The van der Waals surface area contributed by atoms with Crippen molar-refractivity contribution < 1.29 is 162 Å². The molecule has 0 radical (unpaired) electrons. The van der Waals surface area contributed by atoms with Crippen LogP contribution in [0.15, 0.2) is 84.9 Å². The molecule has 5 saturated heterocycles. The number of aliphatic hydroxyl groups excluding tert-OH is 13. The van der Waals surface area contributed by atoms with E-state index in [1.807, 2.05) is 0 Å². The number of hydrogen-bond donors (Lipinski definition) is 15. The Bertz CT molecular complexity index is 2930. The van der Waals surface area contributed by atoms with Gasteiger partial charge < -0.3 is 143 Å². The number of aromatic hydroxyl groups is 2. The SMILES string of the molecule is COc1cc(C=CC(=O)O[C@H]2[C@H](O[C@@H]3O[C@H](CO)[C@@H](O[C@@H]4O[C@H](CO)[C@@H](O)[C@H](O)[C@H]4O)[C@H](O)[C@H]3O)[C@@H](O[C@@H]3O[C@H](CO)[C@@H](O)[C@H](O)[C@H]3O)[C@@H](O[C@]3(COC(=O)C=Cc4ccc(O)cc4)O[C@H](CO)[C@@H](O)[C@@H]3OC(=O)c3ccccc3)O[C@@H]2COC(C)=O)ccc1O. The van der Waals surface area contributed by atoms with Gasteiger partial charge in [0.05, 0.1) is 39.1 Å². The van der Waals surface area contributed by atoms with Gasteiger partial charge in [0.25, 0.3) is 0 Å². The highest BCUT2D eigenvalue weighted by atomic mass is 16.8. The predicted molar refractivity (Wildman–Crippen MR) is 294 cm³/mol.